The van der Waals surface area contributed by atoms with Crippen LogP contribution in [0.15, 0.2) is 0 Å². The maximum atomic E-state index is 10.4. The second kappa shape index (κ2) is 3.83. The molecule has 2 N–H and O–H groups in total. The van der Waals surface area contributed by atoms with Gasteiger partial charge in [0, 0.05) is 19.1 Å². The zero-order valence-corrected chi connectivity index (χ0v) is 7.13. The fourth-order valence-electron chi connectivity index (χ4n) is 1.30. The largest absolute Gasteiger partial charge is 0.313 e. The Balaban J connectivity index is 2.39. The van der Waals surface area contributed by atoms with Crippen LogP contribution >= 0.6 is 0 Å². The van der Waals surface area contributed by atoms with Crippen LogP contribution in [-0.2, 0) is 4.79 Å². The summed E-state index contributed by atoms with van der Waals surface area (Å²) in [6, 6.07) is 0.454. The first-order chi connectivity index (χ1) is 5.24. The fraction of sp³-hybridized carbons (Fsp3) is 0.875. The maximum absolute atomic E-state index is 10.4. The van der Waals surface area contributed by atoms with Gasteiger partial charge in [0.2, 0.25) is 0 Å². The first-order valence-electron chi connectivity index (χ1n) is 4.16. The van der Waals surface area contributed by atoms with Gasteiger partial charge < -0.3 is 15.4 Å². The summed E-state index contributed by atoms with van der Waals surface area (Å²) in [6.07, 6.45) is 0.974. The lowest BCUT2D eigenvalue weighted by molar-refractivity contribution is -0.110. The molecule has 11 heavy (non-hydrogen) atoms. The molecule has 0 bridgehead atoms. The number of hydrogen-bond donors (Lipinski definition) is 2. The Bertz CT molecular complexity index is 136. The normalized spacial score (nSPS) is 32.3. The predicted molar refractivity (Wildman–Crippen MR) is 44.5 cm³/mol. The van der Waals surface area contributed by atoms with Crippen molar-refractivity contribution < 1.29 is 4.79 Å². The standard InChI is InChI=1S/C8H16N2O/c1-6(2)8-4-9-3-7(5-11)10-8/h5-10H,3-4H2,1-2H3. The van der Waals surface area contributed by atoms with Crippen molar-refractivity contribution in [3.05, 3.63) is 0 Å². The van der Waals surface area contributed by atoms with Crippen molar-refractivity contribution >= 4 is 6.29 Å². The summed E-state index contributed by atoms with van der Waals surface area (Å²) in [5.74, 6) is 0.588. The van der Waals surface area contributed by atoms with Gasteiger partial charge in [0.25, 0.3) is 0 Å². The van der Waals surface area contributed by atoms with Crippen LogP contribution in [0.2, 0.25) is 0 Å². The van der Waals surface area contributed by atoms with E-state index < -0.39 is 0 Å². The third-order valence-corrected chi connectivity index (χ3v) is 2.13. The molecular formula is C8H16N2O. The quantitative estimate of drug-likeness (QED) is 0.543. The van der Waals surface area contributed by atoms with Crippen molar-refractivity contribution in [3.8, 4) is 0 Å². The molecule has 0 saturated carbocycles. The van der Waals surface area contributed by atoms with Gasteiger partial charge >= 0.3 is 0 Å². The second-order valence-electron chi connectivity index (χ2n) is 3.42. The van der Waals surface area contributed by atoms with Gasteiger partial charge in [-0.25, -0.2) is 0 Å². The molecule has 0 aromatic carbocycles. The van der Waals surface area contributed by atoms with Crippen LogP contribution in [0, 0.1) is 5.92 Å². The van der Waals surface area contributed by atoms with Gasteiger partial charge in [-0.05, 0) is 5.92 Å². The average Bonchev–Trinajstić information content (AvgIpc) is 2.05. The van der Waals surface area contributed by atoms with Gasteiger partial charge in [0.15, 0.2) is 0 Å². The third kappa shape index (κ3) is 2.27. The number of nitrogens with one attached hydrogen (secondary N) is 2. The summed E-state index contributed by atoms with van der Waals surface area (Å²) in [7, 11) is 0. The van der Waals surface area contributed by atoms with E-state index in [1.807, 2.05) is 0 Å². The molecular weight excluding hydrogens is 140 g/mol. The zero-order chi connectivity index (χ0) is 8.27. The van der Waals surface area contributed by atoms with Crippen molar-refractivity contribution in [2.45, 2.75) is 25.9 Å². The lowest BCUT2D eigenvalue weighted by Crippen LogP contribution is -2.57. The summed E-state index contributed by atoms with van der Waals surface area (Å²) in [4.78, 5) is 10.4. The van der Waals surface area contributed by atoms with Crippen molar-refractivity contribution in [2.24, 2.45) is 5.92 Å². The Kier molecular flexibility index (Phi) is 3.02. The molecule has 0 aromatic rings. The monoisotopic (exact) mass is 156 g/mol. The van der Waals surface area contributed by atoms with Crippen LogP contribution in [0.1, 0.15) is 13.8 Å². The molecule has 0 spiro atoms. The summed E-state index contributed by atoms with van der Waals surface area (Å²) >= 11 is 0. The molecule has 1 rings (SSSR count). The minimum Gasteiger partial charge on any atom is -0.313 e. The minimum absolute atomic E-state index is 0.0103. The highest BCUT2D eigenvalue weighted by Gasteiger charge is 2.21. The van der Waals surface area contributed by atoms with Gasteiger partial charge in [-0.2, -0.15) is 0 Å². The van der Waals surface area contributed by atoms with Crippen LogP contribution in [0.5, 0.6) is 0 Å². The highest BCUT2D eigenvalue weighted by molar-refractivity contribution is 5.58. The molecule has 2 unspecified atom stereocenters. The summed E-state index contributed by atoms with van der Waals surface area (Å²) in [5.41, 5.74) is 0. The van der Waals surface area contributed by atoms with Gasteiger partial charge in [0.1, 0.15) is 6.29 Å². The van der Waals surface area contributed by atoms with Crippen LogP contribution in [0.25, 0.3) is 0 Å². The molecule has 0 aliphatic carbocycles. The molecule has 1 fully saturated rings. The molecule has 1 aliphatic rings. The Labute approximate surface area is 67.5 Å². The average molecular weight is 156 g/mol. The lowest BCUT2D eigenvalue weighted by Gasteiger charge is -2.31. The van der Waals surface area contributed by atoms with Crippen molar-refractivity contribution in [2.75, 3.05) is 13.1 Å². The number of rotatable bonds is 2. The molecule has 64 valence electrons. The van der Waals surface area contributed by atoms with E-state index in [4.69, 9.17) is 0 Å². The highest BCUT2D eigenvalue weighted by atomic mass is 16.1. The van der Waals surface area contributed by atoms with E-state index in [0.29, 0.717) is 12.0 Å². The molecule has 1 aliphatic heterocycles. The third-order valence-electron chi connectivity index (χ3n) is 2.13. The van der Waals surface area contributed by atoms with E-state index in [1.54, 1.807) is 0 Å². The minimum atomic E-state index is 0.0103. The molecule has 3 heteroatoms. The number of hydrogen-bond acceptors (Lipinski definition) is 3. The van der Waals surface area contributed by atoms with Crippen molar-refractivity contribution in [1.82, 2.24) is 10.6 Å². The second-order valence-corrected chi connectivity index (χ2v) is 3.42. The molecule has 0 aromatic heterocycles. The van der Waals surface area contributed by atoms with E-state index in [1.165, 1.54) is 0 Å². The van der Waals surface area contributed by atoms with E-state index in [0.717, 1.165) is 19.4 Å². The molecule has 0 amide bonds. The Hall–Kier alpha value is -0.410. The fourth-order valence-corrected chi connectivity index (χ4v) is 1.30. The Morgan fingerprint density at radius 2 is 2.18 bits per heavy atom. The number of piperazine rings is 1. The van der Waals surface area contributed by atoms with Crippen LogP contribution in [0.4, 0.5) is 0 Å². The first-order valence-corrected chi connectivity index (χ1v) is 4.16. The van der Waals surface area contributed by atoms with E-state index in [9.17, 15) is 4.79 Å². The van der Waals surface area contributed by atoms with E-state index in [2.05, 4.69) is 24.5 Å². The summed E-state index contributed by atoms with van der Waals surface area (Å²) in [5, 5.41) is 6.50. The van der Waals surface area contributed by atoms with Crippen LogP contribution < -0.4 is 10.6 Å². The lowest BCUT2D eigenvalue weighted by atomic mass is 10.0. The van der Waals surface area contributed by atoms with Crippen molar-refractivity contribution in [3.63, 3.8) is 0 Å². The zero-order valence-electron chi connectivity index (χ0n) is 7.13. The van der Waals surface area contributed by atoms with Gasteiger partial charge in [-0.15, -0.1) is 0 Å². The highest BCUT2D eigenvalue weighted by Crippen LogP contribution is 2.03. The van der Waals surface area contributed by atoms with Crippen LogP contribution in [-0.4, -0.2) is 31.5 Å². The van der Waals surface area contributed by atoms with E-state index in [-0.39, 0.29) is 6.04 Å². The van der Waals surface area contributed by atoms with E-state index >= 15 is 0 Å². The Morgan fingerprint density at radius 1 is 1.45 bits per heavy atom. The van der Waals surface area contributed by atoms with Gasteiger partial charge in [-0.3, -0.25) is 0 Å². The molecule has 1 heterocycles. The predicted octanol–water partition coefficient (Wildman–Crippen LogP) is -0.229. The Morgan fingerprint density at radius 3 is 2.73 bits per heavy atom. The van der Waals surface area contributed by atoms with Gasteiger partial charge in [0.05, 0.1) is 6.04 Å². The van der Waals surface area contributed by atoms with Crippen molar-refractivity contribution in [1.29, 1.82) is 0 Å². The smallest absolute Gasteiger partial charge is 0.138 e. The van der Waals surface area contributed by atoms with Crippen LogP contribution in [0.3, 0.4) is 0 Å². The number of carbonyl (C=O) groups is 1. The molecule has 2 atom stereocenters. The van der Waals surface area contributed by atoms with Gasteiger partial charge in [-0.1, -0.05) is 13.8 Å². The maximum Gasteiger partial charge on any atom is 0.138 e. The summed E-state index contributed by atoms with van der Waals surface area (Å²) < 4.78 is 0. The number of aldehydes is 1. The summed E-state index contributed by atoms with van der Waals surface area (Å²) in [6.45, 7) is 6.06. The molecule has 3 nitrogen and oxygen atoms in total. The SMILES string of the molecule is CC(C)C1CNCC(C=O)N1. The topological polar surface area (TPSA) is 41.1 Å². The molecule has 1 saturated heterocycles. The molecule has 0 radical (unpaired) electrons. The number of carbonyl (C=O) groups excluding carboxylic acids is 1. The first kappa shape index (κ1) is 8.68.